The first-order valence-electron chi connectivity index (χ1n) is 15.6. The molecule has 0 fully saturated rings. The number of hydrogen-bond acceptors (Lipinski definition) is 4. The minimum atomic E-state index is 0.246. The molecule has 1 atom stereocenters. The van der Waals surface area contributed by atoms with Gasteiger partial charge in [0.1, 0.15) is 17.9 Å². The topological polar surface area (TPSA) is 61.9 Å². The number of carbonyl (C=O) groups is 1. The van der Waals surface area contributed by atoms with Crippen molar-refractivity contribution in [3.63, 3.8) is 0 Å². The van der Waals surface area contributed by atoms with Crippen molar-refractivity contribution in [1.82, 2.24) is 15.0 Å². The molecule has 0 spiro atoms. The largest absolute Gasteiger partial charge is 0.352 e. The Balaban J connectivity index is 1.14. The Morgan fingerprint density at radius 1 is 0.932 bits per heavy atom. The summed E-state index contributed by atoms with van der Waals surface area (Å²) in [5, 5.41) is 3.87. The number of hydrogen-bond donors (Lipinski definition) is 1. The summed E-state index contributed by atoms with van der Waals surface area (Å²) in [5.74, 6) is 2.13. The third-order valence-electron chi connectivity index (χ3n) is 9.41. The van der Waals surface area contributed by atoms with Crippen molar-refractivity contribution in [2.24, 2.45) is 0 Å². The van der Waals surface area contributed by atoms with E-state index in [0.717, 1.165) is 64.7 Å². The third kappa shape index (κ3) is 4.60. The van der Waals surface area contributed by atoms with E-state index >= 15 is 0 Å². The standard InChI is InChI=1S/C39H34N4O/c1-43(24-37-40-36-14-6-10-26(11-7-21-44)38(36)42-37)39-34(23-29-9-3-5-13-35(29)41-39)28-16-18-31-27(22-28)17-20-32-30-12-4-2-8-25(30)15-19-33(31)32/h2-6,8-10,12-16,18-19,21,23,28H,7,11,17,20,22,24H2,1H3,(H,40,42). The number of fused-ring (bicyclic) bond motifs is 6. The van der Waals surface area contributed by atoms with Crippen LogP contribution in [0.25, 0.3) is 38.3 Å². The van der Waals surface area contributed by atoms with Crippen molar-refractivity contribution in [3.05, 3.63) is 131 Å². The summed E-state index contributed by atoms with van der Waals surface area (Å²) in [7, 11) is 2.11. The van der Waals surface area contributed by atoms with Gasteiger partial charge in [0.15, 0.2) is 0 Å². The van der Waals surface area contributed by atoms with Crippen molar-refractivity contribution < 1.29 is 4.79 Å². The number of rotatable bonds is 7. The number of allylic oxidation sites excluding steroid dienone is 4. The molecule has 0 radical (unpaired) electrons. The van der Waals surface area contributed by atoms with Crippen LogP contribution < -0.4 is 4.90 Å². The number of imidazole rings is 1. The molecule has 6 aromatic rings. The Morgan fingerprint density at radius 3 is 2.70 bits per heavy atom. The maximum absolute atomic E-state index is 11.0. The van der Waals surface area contributed by atoms with Crippen molar-refractivity contribution in [2.45, 2.75) is 44.6 Å². The molecule has 0 aliphatic heterocycles. The molecule has 8 rings (SSSR count). The summed E-state index contributed by atoms with van der Waals surface area (Å²) in [4.78, 5) is 27.0. The fourth-order valence-corrected chi connectivity index (χ4v) is 7.27. The number of aromatic amines is 1. The maximum atomic E-state index is 11.0. The Labute approximate surface area is 257 Å². The quantitative estimate of drug-likeness (QED) is 0.194. The van der Waals surface area contributed by atoms with Crippen LogP contribution in [0.4, 0.5) is 5.82 Å². The van der Waals surface area contributed by atoms with Gasteiger partial charge in [-0.25, -0.2) is 9.97 Å². The van der Waals surface area contributed by atoms with Crippen LogP contribution in [0, 0.1) is 0 Å². The second kappa shape index (κ2) is 10.9. The van der Waals surface area contributed by atoms with E-state index in [2.05, 4.69) is 108 Å². The highest BCUT2D eigenvalue weighted by Gasteiger charge is 2.27. The molecule has 1 N–H and O–H groups in total. The van der Waals surface area contributed by atoms with Crippen LogP contribution in [0.15, 0.2) is 103 Å². The summed E-state index contributed by atoms with van der Waals surface area (Å²) in [5.41, 5.74) is 11.1. The van der Waals surface area contributed by atoms with E-state index in [1.165, 1.54) is 33.0 Å². The van der Waals surface area contributed by atoms with Crippen LogP contribution in [-0.2, 0) is 24.2 Å². The minimum absolute atomic E-state index is 0.246. The van der Waals surface area contributed by atoms with Gasteiger partial charge in [0.05, 0.1) is 23.1 Å². The van der Waals surface area contributed by atoms with Gasteiger partial charge in [-0.1, -0.05) is 84.5 Å². The Bertz CT molecular complexity index is 2140. The van der Waals surface area contributed by atoms with Crippen molar-refractivity contribution in [1.29, 1.82) is 0 Å². The predicted octanol–water partition coefficient (Wildman–Crippen LogP) is 8.48. The Kier molecular flexibility index (Phi) is 6.59. The van der Waals surface area contributed by atoms with Gasteiger partial charge in [0, 0.05) is 30.3 Å². The fourth-order valence-electron chi connectivity index (χ4n) is 7.27. The molecule has 1 unspecified atom stereocenters. The van der Waals surface area contributed by atoms with Crippen LogP contribution in [0.3, 0.4) is 0 Å². The van der Waals surface area contributed by atoms with Crippen LogP contribution in [0.1, 0.15) is 53.3 Å². The predicted molar refractivity (Wildman–Crippen MR) is 180 cm³/mol. The van der Waals surface area contributed by atoms with E-state index in [-0.39, 0.29) is 5.92 Å². The first-order chi connectivity index (χ1) is 21.7. The summed E-state index contributed by atoms with van der Waals surface area (Å²) in [6, 6.07) is 30.3. The molecule has 5 nitrogen and oxygen atoms in total. The number of aromatic nitrogens is 3. The summed E-state index contributed by atoms with van der Waals surface area (Å²) >= 11 is 0. The van der Waals surface area contributed by atoms with Gasteiger partial charge in [-0.15, -0.1) is 0 Å². The average molecular weight is 575 g/mol. The molecule has 44 heavy (non-hydrogen) atoms. The van der Waals surface area contributed by atoms with Gasteiger partial charge >= 0.3 is 0 Å². The molecule has 5 heteroatoms. The number of H-pyrrole nitrogens is 1. The summed E-state index contributed by atoms with van der Waals surface area (Å²) < 4.78 is 0. The summed E-state index contributed by atoms with van der Waals surface area (Å²) in [6.45, 7) is 0.602. The minimum Gasteiger partial charge on any atom is -0.352 e. The lowest BCUT2D eigenvalue weighted by Gasteiger charge is -2.31. The lowest BCUT2D eigenvalue weighted by Crippen LogP contribution is -2.22. The number of nitrogens with one attached hydrogen (secondary N) is 1. The first-order valence-corrected chi connectivity index (χ1v) is 15.6. The molecule has 0 saturated heterocycles. The first kappa shape index (κ1) is 26.6. The average Bonchev–Trinajstić information content (AvgIpc) is 3.49. The van der Waals surface area contributed by atoms with Gasteiger partial charge in [-0.05, 0) is 76.9 Å². The van der Waals surface area contributed by atoms with Crippen LogP contribution in [0.5, 0.6) is 0 Å². The maximum Gasteiger partial charge on any atom is 0.133 e. The molecule has 4 aromatic carbocycles. The van der Waals surface area contributed by atoms with E-state index < -0.39 is 0 Å². The van der Waals surface area contributed by atoms with Gasteiger partial charge in [-0.3, -0.25) is 0 Å². The van der Waals surface area contributed by atoms with Crippen molar-refractivity contribution in [3.8, 4) is 0 Å². The van der Waals surface area contributed by atoms with Crippen LogP contribution in [-0.4, -0.2) is 28.3 Å². The smallest absolute Gasteiger partial charge is 0.133 e. The molecule has 0 bridgehead atoms. The van der Waals surface area contributed by atoms with Crippen molar-refractivity contribution >= 4 is 50.4 Å². The highest BCUT2D eigenvalue weighted by Crippen LogP contribution is 2.45. The number of para-hydroxylation sites is 2. The number of aryl methyl sites for hydroxylation is 2. The zero-order chi connectivity index (χ0) is 29.6. The van der Waals surface area contributed by atoms with E-state index in [0.29, 0.717) is 19.4 Å². The van der Waals surface area contributed by atoms with Gasteiger partial charge in [0.25, 0.3) is 0 Å². The third-order valence-corrected chi connectivity index (χ3v) is 9.41. The molecular weight excluding hydrogens is 540 g/mol. The molecule has 216 valence electrons. The molecule has 2 aromatic heterocycles. The number of aldehydes is 1. The lowest BCUT2D eigenvalue weighted by molar-refractivity contribution is -0.107. The number of nitrogens with zero attached hydrogens (tertiary/aromatic N) is 3. The molecule has 2 heterocycles. The van der Waals surface area contributed by atoms with E-state index in [9.17, 15) is 4.79 Å². The monoisotopic (exact) mass is 574 g/mol. The molecule has 0 saturated carbocycles. The zero-order valence-electron chi connectivity index (χ0n) is 24.9. The number of carbonyl (C=O) groups excluding carboxylic acids is 1. The Morgan fingerprint density at radius 2 is 1.80 bits per heavy atom. The van der Waals surface area contributed by atoms with Crippen LogP contribution >= 0.6 is 0 Å². The highest BCUT2D eigenvalue weighted by atomic mass is 16.1. The SMILES string of the molecule is CN(Cc1nc2c(CCC=O)cccc2[nH]1)c1nc2ccccc2cc1C1C=CC2=C(CCc3c2ccc2ccccc32)C1. The number of pyridine rings is 1. The normalized spacial score (nSPS) is 16.0. The van der Waals surface area contributed by atoms with Gasteiger partial charge < -0.3 is 14.7 Å². The van der Waals surface area contributed by atoms with Gasteiger partial charge in [-0.2, -0.15) is 0 Å². The number of benzene rings is 4. The fraction of sp³-hybridized carbons (Fsp3) is 0.205. The lowest BCUT2D eigenvalue weighted by atomic mass is 9.75. The second-order valence-electron chi connectivity index (χ2n) is 12.2. The molecule has 2 aliphatic carbocycles. The van der Waals surface area contributed by atoms with Crippen molar-refractivity contribution in [2.75, 3.05) is 11.9 Å². The van der Waals surface area contributed by atoms with E-state index in [1.807, 2.05) is 6.07 Å². The molecule has 0 amide bonds. The summed E-state index contributed by atoms with van der Waals surface area (Å²) in [6.07, 6.45) is 10.1. The number of anilines is 1. The van der Waals surface area contributed by atoms with Gasteiger partial charge in [0.2, 0.25) is 0 Å². The zero-order valence-corrected chi connectivity index (χ0v) is 24.9. The Hall–Kier alpha value is -5.03. The molecular formula is C39H34N4O. The molecule has 2 aliphatic rings. The van der Waals surface area contributed by atoms with E-state index in [1.54, 1.807) is 5.57 Å². The second-order valence-corrected chi connectivity index (χ2v) is 12.2. The van der Waals surface area contributed by atoms with E-state index in [4.69, 9.17) is 9.97 Å². The highest BCUT2D eigenvalue weighted by molar-refractivity contribution is 5.94. The van der Waals surface area contributed by atoms with Crippen LogP contribution in [0.2, 0.25) is 0 Å².